The summed E-state index contributed by atoms with van der Waals surface area (Å²) in [5, 5.41) is 9.55. The van der Waals surface area contributed by atoms with Gasteiger partial charge in [-0.1, -0.05) is 17.3 Å². The summed E-state index contributed by atoms with van der Waals surface area (Å²) < 4.78 is 25.6. The summed E-state index contributed by atoms with van der Waals surface area (Å²) >= 11 is 0.844. The Morgan fingerprint density at radius 1 is 1.12 bits per heavy atom. The van der Waals surface area contributed by atoms with Crippen LogP contribution in [0.5, 0.6) is 0 Å². The number of nitriles is 1. The van der Waals surface area contributed by atoms with Gasteiger partial charge in [0.15, 0.2) is 0 Å². The first kappa shape index (κ1) is 11.3. The molecule has 0 atom stereocenters. The van der Waals surface area contributed by atoms with E-state index < -0.39 is 11.1 Å². The number of aromatic nitrogens is 1. The highest BCUT2D eigenvalue weighted by Crippen LogP contribution is 2.09. The lowest BCUT2D eigenvalue weighted by atomic mass is 10.1. The number of rotatable bonds is 0. The first-order valence-corrected chi connectivity index (χ1v) is 5.39. The maximum Gasteiger partial charge on any atom is 0.270 e. The minimum Gasteiger partial charge on any atom is -0.207 e. The minimum absolute atomic E-state index is 0.193. The standard InChI is InChI=1S/C12H4F2N2S/c13-10-4-8(3-9(5-10)6-15)1-2-11-7-17-12(14)16-11/h3-5,7H/i14-1. The van der Waals surface area contributed by atoms with Gasteiger partial charge in [0.2, 0.25) is 0 Å². The van der Waals surface area contributed by atoms with Crippen molar-refractivity contribution < 1.29 is 8.78 Å². The quantitative estimate of drug-likeness (QED) is 0.669. The van der Waals surface area contributed by atoms with Crippen LogP contribution in [0.25, 0.3) is 0 Å². The molecule has 17 heavy (non-hydrogen) atoms. The molecule has 1 aromatic heterocycles. The highest BCUT2D eigenvalue weighted by Gasteiger charge is 1.99. The van der Waals surface area contributed by atoms with E-state index in [9.17, 15) is 8.78 Å². The molecule has 1 aromatic carbocycles. The molecule has 0 aliphatic rings. The molecule has 0 saturated carbocycles. The van der Waals surface area contributed by atoms with Crippen molar-refractivity contribution in [2.45, 2.75) is 0 Å². The van der Waals surface area contributed by atoms with E-state index in [0.717, 1.165) is 17.4 Å². The van der Waals surface area contributed by atoms with Crippen molar-refractivity contribution in [3.05, 3.63) is 51.5 Å². The van der Waals surface area contributed by atoms with Crippen LogP contribution in [-0.2, 0) is 0 Å². The predicted octanol–water partition coefficient (Wildman–Crippen LogP) is 2.69. The molecule has 82 valence electrons. The van der Waals surface area contributed by atoms with Gasteiger partial charge in [-0.3, -0.25) is 0 Å². The Bertz CT molecular complexity index is 659. The van der Waals surface area contributed by atoms with Gasteiger partial charge < -0.3 is 0 Å². The van der Waals surface area contributed by atoms with Crippen molar-refractivity contribution in [3.63, 3.8) is 0 Å². The van der Waals surface area contributed by atoms with E-state index >= 15 is 0 Å². The van der Waals surface area contributed by atoms with E-state index in [1.54, 1.807) is 0 Å². The fourth-order valence-corrected chi connectivity index (χ4v) is 1.64. The Morgan fingerprint density at radius 3 is 2.53 bits per heavy atom. The molecular formula is C12H4F2N2S. The summed E-state index contributed by atoms with van der Waals surface area (Å²) in [6.45, 7) is 0. The minimum atomic E-state index is -0.564. The van der Waals surface area contributed by atoms with E-state index in [2.05, 4.69) is 16.8 Å². The molecule has 2 rings (SSSR count). The third-order valence-corrected chi connectivity index (χ3v) is 2.46. The summed E-state index contributed by atoms with van der Waals surface area (Å²) in [7, 11) is 0. The molecule has 0 unspecified atom stereocenters. The van der Waals surface area contributed by atoms with Gasteiger partial charge in [-0.05, 0) is 24.1 Å². The third-order valence-electron chi connectivity index (χ3n) is 1.84. The summed E-state index contributed by atoms with van der Waals surface area (Å²) in [6.07, 6.45) is 0. The Morgan fingerprint density at radius 2 is 1.88 bits per heavy atom. The largest absolute Gasteiger partial charge is 0.270 e. The van der Waals surface area contributed by atoms with Crippen LogP contribution in [0, 0.1) is 34.3 Å². The fraction of sp³-hybridized carbons (Fsp3) is 0. The van der Waals surface area contributed by atoms with Gasteiger partial charge in [0.25, 0.3) is 5.26 Å². The Balaban J connectivity index is 2.34. The van der Waals surface area contributed by atoms with Crippen LogP contribution in [0.2, 0.25) is 0 Å². The number of halogens is 2. The molecule has 0 fully saturated rings. The third kappa shape index (κ3) is 2.87. The summed E-state index contributed by atoms with van der Waals surface area (Å²) in [5.41, 5.74) is 0.837. The first-order chi connectivity index (χ1) is 8.17. The van der Waals surface area contributed by atoms with E-state index in [1.807, 2.05) is 6.07 Å². The second-order valence-electron chi connectivity index (χ2n) is 3.08. The normalized spacial score (nSPS) is 9.24. The molecule has 0 radical (unpaired) electrons. The number of hydrogen-bond donors (Lipinski definition) is 0. The van der Waals surface area contributed by atoms with Crippen molar-refractivity contribution >= 4 is 11.3 Å². The topological polar surface area (TPSA) is 36.7 Å². The lowest BCUT2D eigenvalue weighted by Crippen LogP contribution is -1.83. The smallest absolute Gasteiger partial charge is 0.207 e. The van der Waals surface area contributed by atoms with Gasteiger partial charge >= 0.3 is 0 Å². The molecule has 0 N–H and O–H groups in total. The van der Waals surface area contributed by atoms with Crippen molar-refractivity contribution in [1.29, 1.82) is 5.26 Å². The molecule has 0 bridgehead atoms. The van der Waals surface area contributed by atoms with Crippen molar-refractivity contribution in [2.24, 2.45) is 0 Å². The lowest BCUT2D eigenvalue weighted by molar-refractivity contribution is 0.616. The van der Waals surface area contributed by atoms with Crippen molar-refractivity contribution in [2.75, 3.05) is 0 Å². The second kappa shape index (κ2) is 4.73. The molecule has 0 aliphatic carbocycles. The molecule has 0 spiro atoms. The molecule has 1 heterocycles. The van der Waals surface area contributed by atoms with Gasteiger partial charge in [-0.15, -0.1) is 0 Å². The monoisotopic (exact) mass is 245 g/mol. The maximum absolute atomic E-state index is 13.1. The molecule has 0 saturated heterocycles. The van der Waals surface area contributed by atoms with Crippen molar-refractivity contribution in [3.8, 4) is 17.9 Å². The van der Waals surface area contributed by atoms with Crippen LogP contribution in [0.3, 0.4) is 0 Å². The molecule has 0 amide bonds. The van der Waals surface area contributed by atoms with E-state index in [1.165, 1.54) is 17.5 Å². The summed E-state index contributed by atoms with van der Waals surface area (Å²) in [6, 6.07) is 5.61. The molecule has 5 heteroatoms. The maximum atomic E-state index is 13.1. The SMILES string of the molecule is N#Cc1cc(F)cc(C#Cc2csc([18F])n2)c1. The Kier molecular flexibility index (Phi) is 3.13. The van der Waals surface area contributed by atoms with Gasteiger partial charge in [0.1, 0.15) is 11.5 Å². The zero-order chi connectivity index (χ0) is 12.3. The van der Waals surface area contributed by atoms with E-state index in [0.29, 0.717) is 5.56 Å². The summed E-state index contributed by atoms with van der Waals surface area (Å²) in [5.74, 6) is 4.69. The number of thiazole rings is 1. The predicted molar refractivity (Wildman–Crippen MR) is 59.2 cm³/mol. The average molecular weight is 245 g/mol. The zero-order valence-electron chi connectivity index (χ0n) is 8.37. The fourth-order valence-electron chi connectivity index (χ4n) is 1.17. The van der Waals surface area contributed by atoms with Crippen LogP contribution in [0.4, 0.5) is 8.78 Å². The van der Waals surface area contributed by atoms with Crippen LogP contribution >= 0.6 is 11.3 Å². The van der Waals surface area contributed by atoms with Crippen LogP contribution in [0.15, 0.2) is 23.6 Å². The van der Waals surface area contributed by atoms with E-state index in [4.69, 9.17) is 5.26 Å². The number of nitrogens with zero attached hydrogens (tertiary/aromatic N) is 2. The van der Waals surface area contributed by atoms with Gasteiger partial charge in [-0.25, -0.2) is 9.37 Å². The number of benzene rings is 1. The van der Waals surface area contributed by atoms with Crippen LogP contribution in [-0.4, -0.2) is 4.98 Å². The van der Waals surface area contributed by atoms with E-state index in [-0.39, 0.29) is 11.3 Å². The molecule has 2 nitrogen and oxygen atoms in total. The highest BCUT2D eigenvalue weighted by atomic mass is 32.1. The molecule has 0 aliphatic heterocycles. The average Bonchev–Trinajstić information content (AvgIpc) is 2.72. The molecular weight excluding hydrogens is 241 g/mol. The van der Waals surface area contributed by atoms with Gasteiger partial charge in [-0.2, -0.15) is 9.65 Å². The van der Waals surface area contributed by atoms with Crippen LogP contribution in [0.1, 0.15) is 16.8 Å². The lowest BCUT2D eigenvalue weighted by Gasteiger charge is -1.92. The van der Waals surface area contributed by atoms with Crippen molar-refractivity contribution in [1.82, 2.24) is 4.98 Å². The number of hydrogen-bond acceptors (Lipinski definition) is 3. The highest BCUT2D eigenvalue weighted by molar-refractivity contribution is 7.08. The zero-order valence-corrected chi connectivity index (χ0v) is 9.18. The van der Waals surface area contributed by atoms with Gasteiger partial charge in [0, 0.05) is 10.9 Å². The second-order valence-corrected chi connectivity index (χ2v) is 3.88. The van der Waals surface area contributed by atoms with Crippen LogP contribution < -0.4 is 0 Å². The van der Waals surface area contributed by atoms with Gasteiger partial charge in [0.05, 0.1) is 11.6 Å². The Labute approximate surface area is 100 Å². The molecule has 2 aromatic rings. The Hall–Kier alpha value is -2.24. The first-order valence-electron chi connectivity index (χ1n) is 4.51. The summed E-state index contributed by atoms with van der Waals surface area (Å²) in [4.78, 5) is 3.51.